The molecule has 2 atom stereocenters. The molecule has 5 heteroatoms. The molecule has 2 heterocycles. The number of carboxylic acid groups (broad SMARTS) is 1. The van der Waals surface area contributed by atoms with Gasteiger partial charge in [-0.15, -0.1) is 0 Å². The fraction of sp³-hybridized carbons (Fsp3) is 0.364. The highest BCUT2D eigenvalue weighted by atomic mass is 16.4. The summed E-state index contributed by atoms with van der Waals surface area (Å²) in [6.45, 7) is 0. The number of hydrogen-bond donors (Lipinski definition) is 1. The summed E-state index contributed by atoms with van der Waals surface area (Å²) < 4.78 is 1.96. The second-order valence-electron chi connectivity index (χ2n) is 4.18. The molecule has 0 amide bonds. The molecule has 0 aliphatic heterocycles. The van der Waals surface area contributed by atoms with Crippen molar-refractivity contribution >= 4 is 17.0 Å². The Labute approximate surface area is 91.7 Å². The van der Waals surface area contributed by atoms with E-state index in [0.717, 1.165) is 16.9 Å². The monoisotopic (exact) mass is 217 g/mol. The summed E-state index contributed by atoms with van der Waals surface area (Å²) in [5.74, 6) is -0.0658. The first-order chi connectivity index (χ1) is 7.68. The van der Waals surface area contributed by atoms with Crippen molar-refractivity contribution in [1.82, 2.24) is 14.5 Å². The number of aromatic nitrogens is 3. The van der Waals surface area contributed by atoms with Gasteiger partial charge in [0.05, 0.1) is 17.6 Å². The number of aliphatic carboxylic acids is 1. The van der Waals surface area contributed by atoms with Crippen LogP contribution in [0, 0.1) is 5.92 Å². The van der Waals surface area contributed by atoms with E-state index in [1.807, 2.05) is 17.7 Å². The minimum Gasteiger partial charge on any atom is -0.481 e. The number of carbonyl (C=O) groups is 1. The minimum atomic E-state index is -0.727. The maximum Gasteiger partial charge on any atom is 0.307 e. The lowest BCUT2D eigenvalue weighted by molar-refractivity contribution is -0.138. The van der Waals surface area contributed by atoms with Crippen molar-refractivity contribution in [3.8, 4) is 0 Å². The average Bonchev–Trinajstić information content (AvgIpc) is 3.00. The van der Waals surface area contributed by atoms with Gasteiger partial charge in [0, 0.05) is 19.2 Å². The van der Waals surface area contributed by atoms with Crippen molar-refractivity contribution < 1.29 is 9.90 Å². The smallest absolute Gasteiger partial charge is 0.307 e. The molecular formula is C11H11N3O2. The third-order valence-electron chi connectivity index (χ3n) is 3.16. The summed E-state index contributed by atoms with van der Waals surface area (Å²) in [6.07, 6.45) is 4.12. The number of imidazole rings is 1. The molecule has 2 aromatic rings. The summed E-state index contributed by atoms with van der Waals surface area (Å²) in [5, 5.41) is 8.90. The van der Waals surface area contributed by atoms with Gasteiger partial charge < -0.3 is 9.67 Å². The second-order valence-corrected chi connectivity index (χ2v) is 4.18. The molecular weight excluding hydrogens is 206 g/mol. The summed E-state index contributed by atoms with van der Waals surface area (Å²) in [4.78, 5) is 19.3. The van der Waals surface area contributed by atoms with Crippen molar-refractivity contribution in [3.63, 3.8) is 0 Å². The van der Waals surface area contributed by atoms with Crippen molar-refractivity contribution in [2.75, 3.05) is 0 Å². The maximum atomic E-state index is 10.8. The number of fused-ring (bicyclic) bond motifs is 1. The third-order valence-corrected chi connectivity index (χ3v) is 3.16. The van der Waals surface area contributed by atoms with Crippen LogP contribution in [-0.4, -0.2) is 25.6 Å². The standard InChI is InChI=1S/C11H11N3O2/c1-14-9-2-3-12-5-8(9)13-10(14)6-4-7(6)11(15)16/h2-3,5-7H,4H2,1H3,(H,15,16). The fourth-order valence-corrected chi connectivity index (χ4v) is 2.16. The lowest BCUT2D eigenvalue weighted by Gasteiger charge is -1.99. The number of rotatable bonds is 2. The van der Waals surface area contributed by atoms with E-state index in [-0.39, 0.29) is 11.8 Å². The van der Waals surface area contributed by atoms with Gasteiger partial charge >= 0.3 is 5.97 Å². The van der Waals surface area contributed by atoms with E-state index in [0.29, 0.717) is 6.42 Å². The van der Waals surface area contributed by atoms with E-state index in [9.17, 15) is 4.79 Å². The van der Waals surface area contributed by atoms with Crippen molar-refractivity contribution in [1.29, 1.82) is 0 Å². The van der Waals surface area contributed by atoms with Crippen LogP contribution in [0.15, 0.2) is 18.5 Å². The molecule has 1 saturated carbocycles. The number of carboxylic acids is 1. The van der Waals surface area contributed by atoms with Gasteiger partial charge in [-0.05, 0) is 12.5 Å². The molecule has 0 bridgehead atoms. The topological polar surface area (TPSA) is 68.0 Å². The summed E-state index contributed by atoms with van der Waals surface area (Å²) in [6, 6.07) is 1.89. The largest absolute Gasteiger partial charge is 0.481 e. The van der Waals surface area contributed by atoms with Crippen LogP contribution in [-0.2, 0) is 11.8 Å². The Bertz CT molecular complexity index is 576. The Balaban J connectivity index is 2.06. The van der Waals surface area contributed by atoms with Crippen LogP contribution in [0.1, 0.15) is 18.2 Å². The molecule has 2 aromatic heterocycles. The zero-order valence-electron chi connectivity index (χ0n) is 8.79. The van der Waals surface area contributed by atoms with Crippen LogP contribution in [0.25, 0.3) is 11.0 Å². The molecule has 0 saturated heterocycles. The van der Waals surface area contributed by atoms with Crippen LogP contribution in [0.5, 0.6) is 0 Å². The Morgan fingerprint density at radius 2 is 2.44 bits per heavy atom. The van der Waals surface area contributed by atoms with Gasteiger partial charge in [0.25, 0.3) is 0 Å². The first-order valence-corrected chi connectivity index (χ1v) is 5.17. The number of nitrogens with zero attached hydrogens (tertiary/aromatic N) is 3. The fourth-order valence-electron chi connectivity index (χ4n) is 2.16. The van der Waals surface area contributed by atoms with Crippen LogP contribution in [0.3, 0.4) is 0 Å². The molecule has 0 radical (unpaired) electrons. The molecule has 5 nitrogen and oxygen atoms in total. The maximum absolute atomic E-state index is 10.8. The predicted molar refractivity (Wildman–Crippen MR) is 57.0 cm³/mol. The molecule has 3 rings (SSSR count). The van der Waals surface area contributed by atoms with Gasteiger partial charge in [-0.25, -0.2) is 4.98 Å². The lowest BCUT2D eigenvalue weighted by Crippen LogP contribution is -2.02. The Hall–Kier alpha value is -1.91. The van der Waals surface area contributed by atoms with Crippen molar-refractivity contribution in [2.24, 2.45) is 13.0 Å². The van der Waals surface area contributed by atoms with Crippen molar-refractivity contribution in [2.45, 2.75) is 12.3 Å². The molecule has 82 valence electrons. The lowest BCUT2D eigenvalue weighted by atomic mass is 10.3. The van der Waals surface area contributed by atoms with E-state index >= 15 is 0 Å². The Morgan fingerprint density at radius 1 is 1.62 bits per heavy atom. The predicted octanol–water partition coefficient (Wildman–Crippen LogP) is 1.16. The van der Waals surface area contributed by atoms with Crippen molar-refractivity contribution in [3.05, 3.63) is 24.3 Å². The SMILES string of the molecule is Cn1c(C2CC2C(=O)O)nc2cnccc21. The summed E-state index contributed by atoms with van der Waals surface area (Å²) >= 11 is 0. The van der Waals surface area contributed by atoms with Gasteiger partial charge in [0.1, 0.15) is 11.3 Å². The third kappa shape index (κ3) is 1.21. The summed E-state index contributed by atoms with van der Waals surface area (Å²) in [7, 11) is 1.92. The summed E-state index contributed by atoms with van der Waals surface area (Å²) in [5.41, 5.74) is 1.83. The minimum absolute atomic E-state index is 0.0647. The van der Waals surface area contributed by atoms with Gasteiger partial charge in [-0.1, -0.05) is 0 Å². The molecule has 16 heavy (non-hydrogen) atoms. The van der Waals surface area contributed by atoms with E-state index in [1.54, 1.807) is 12.4 Å². The van der Waals surface area contributed by atoms with E-state index in [4.69, 9.17) is 5.11 Å². The first kappa shape index (κ1) is 9.33. The van der Waals surface area contributed by atoms with Crippen LogP contribution in [0.4, 0.5) is 0 Å². The molecule has 2 unspecified atom stereocenters. The normalized spacial score (nSPS) is 23.6. The Kier molecular flexibility index (Phi) is 1.77. The quantitative estimate of drug-likeness (QED) is 0.819. The highest BCUT2D eigenvalue weighted by Crippen LogP contribution is 2.47. The molecule has 1 aliphatic rings. The average molecular weight is 217 g/mol. The zero-order valence-corrected chi connectivity index (χ0v) is 8.79. The molecule has 1 aliphatic carbocycles. The Morgan fingerprint density at radius 3 is 3.06 bits per heavy atom. The molecule has 1 fully saturated rings. The van der Waals surface area contributed by atoms with E-state index < -0.39 is 5.97 Å². The highest BCUT2D eigenvalue weighted by molar-refractivity contribution is 5.77. The molecule has 0 aromatic carbocycles. The number of hydrogen-bond acceptors (Lipinski definition) is 3. The van der Waals surface area contributed by atoms with Crippen LogP contribution in [0.2, 0.25) is 0 Å². The highest BCUT2D eigenvalue weighted by Gasteiger charge is 2.46. The molecule has 0 spiro atoms. The molecule has 1 N–H and O–H groups in total. The van der Waals surface area contributed by atoms with E-state index in [1.165, 1.54) is 0 Å². The number of pyridine rings is 1. The first-order valence-electron chi connectivity index (χ1n) is 5.17. The van der Waals surface area contributed by atoms with E-state index in [2.05, 4.69) is 9.97 Å². The van der Waals surface area contributed by atoms with Gasteiger partial charge in [-0.2, -0.15) is 0 Å². The van der Waals surface area contributed by atoms with Gasteiger partial charge in [0.15, 0.2) is 0 Å². The van der Waals surface area contributed by atoms with Gasteiger partial charge in [-0.3, -0.25) is 9.78 Å². The second kappa shape index (κ2) is 3.04. The van der Waals surface area contributed by atoms with Crippen LogP contribution < -0.4 is 0 Å². The zero-order chi connectivity index (χ0) is 11.3. The number of aryl methyl sites for hydroxylation is 1. The van der Waals surface area contributed by atoms with Gasteiger partial charge in [0.2, 0.25) is 0 Å². The van der Waals surface area contributed by atoms with Crippen LogP contribution >= 0.6 is 0 Å².